The van der Waals surface area contributed by atoms with Crippen molar-refractivity contribution in [2.24, 2.45) is 0 Å². The summed E-state index contributed by atoms with van der Waals surface area (Å²) in [7, 11) is 0. The van der Waals surface area contributed by atoms with Crippen molar-refractivity contribution >= 4 is 22.4 Å². The Bertz CT molecular complexity index is 567. The Labute approximate surface area is 140 Å². The monoisotopic (exact) mass is 339 g/mol. The number of aliphatic hydroxyl groups excluding tert-OH is 1. The van der Waals surface area contributed by atoms with Crippen LogP contribution in [-0.2, 0) is 4.74 Å². The van der Waals surface area contributed by atoms with Crippen LogP contribution in [0.5, 0.6) is 0 Å². The predicted octanol–water partition coefficient (Wildman–Crippen LogP) is 2.03. The van der Waals surface area contributed by atoms with Gasteiger partial charge in [0.1, 0.15) is 4.88 Å². The molecule has 0 aliphatic carbocycles. The molecule has 0 saturated carbocycles. The van der Waals surface area contributed by atoms with Crippen LogP contribution in [0.15, 0.2) is 0 Å². The molecule has 0 bridgehead atoms. The summed E-state index contributed by atoms with van der Waals surface area (Å²) in [5.41, 5.74) is 0.562. The van der Waals surface area contributed by atoms with Crippen molar-refractivity contribution in [1.29, 1.82) is 0 Å². The fraction of sp³-hybridized carbons (Fsp3) is 0.750. The topological polar surface area (TPSA) is 74.7 Å². The number of ether oxygens (including phenoxy) is 1. The molecule has 6 nitrogen and oxygen atoms in total. The first-order chi connectivity index (χ1) is 11.0. The molecule has 2 saturated heterocycles. The van der Waals surface area contributed by atoms with Crippen LogP contribution in [0.1, 0.15) is 48.0 Å². The molecule has 2 N–H and O–H groups in total. The zero-order chi connectivity index (χ0) is 16.4. The second-order valence-corrected chi connectivity index (χ2v) is 7.43. The van der Waals surface area contributed by atoms with Gasteiger partial charge in [-0.2, -0.15) is 0 Å². The average molecular weight is 339 g/mol. The van der Waals surface area contributed by atoms with Gasteiger partial charge in [0.2, 0.25) is 0 Å². The Morgan fingerprint density at radius 1 is 1.52 bits per heavy atom. The number of hydrogen-bond donors (Lipinski definition) is 2. The summed E-state index contributed by atoms with van der Waals surface area (Å²) in [4.78, 5) is 19.8. The molecule has 128 valence electrons. The number of nitrogens with one attached hydrogen (secondary N) is 1. The van der Waals surface area contributed by atoms with Crippen LogP contribution >= 0.6 is 11.3 Å². The molecule has 3 heterocycles. The molecule has 1 unspecified atom stereocenters. The van der Waals surface area contributed by atoms with Crippen LogP contribution in [0.3, 0.4) is 0 Å². The van der Waals surface area contributed by atoms with Crippen LogP contribution in [0.25, 0.3) is 0 Å². The van der Waals surface area contributed by atoms with Gasteiger partial charge in [-0.15, -0.1) is 0 Å². The summed E-state index contributed by atoms with van der Waals surface area (Å²) in [6.07, 6.45) is 2.75. The number of amides is 1. The van der Waals surface area contributed by atoms with Crippen LogP contribution < -0.4 is 5.32 Å². The van der Waals surface area contributed by atoms with Gasteiger partial charge in [-0.3, -0.25) is 4.79 Å². The van der Waals surface area contributed by atoms with E-state index in [0.29, 0.717) is 26.1 Å². The maximum atomic E-state index is 12.8. The summed E-state index contributed by atoms with van der Waals surface area (Å²) in [5.74, 6) is 0.0651. The van der Waals surface area contributed by atoms with Crippen molar-refractivity contribution in [1.82, 2.24) is 9.88 Å². The van der Waals surface area contributed by atoms with Crippen molar-refractivity contribution in [3.05, 3.63) is 10.6 Å². The first-order valence-corrected chi connectivity index (χ1v) is 9.17. The van der Waals surface area contributed by atoms with Gasteiger partial charge in [0.25, 0.3) is 5.91 Å². The number of carbonyl (C=O) groups is 1. The van der Waals surface area contributed by atoms with Gasteiger partial charge in [0.05, 0.1) is 17.4 Å². The Kier molecular flexibility index (Phi) is 4.89. The van der Waals surface area contributed by atoms with Gasteiger partial charge in [0, 0.05) is 32.7 Å². The van der Waals surface area contributed by atoms with Gasteiger partial charge in [-0.1, -0.05) is 11.3 Å². The highest BCUT2D eigenvalue weighted by atomic mass is 32.1. The standard InChI is InChI=1S/C16H25N3O3S/c1-3-17-15-18-11(2)13(23-15)14(21)19-7-5-16(6-8-19)10-12(20)4-9-22-16/h12,20H,3-10H2,1-2H3,(H,17,18). The first kappa shape index (κ1) is 16.7. The lowest BCUT2D eigenvalue weighted by atomic mass is 9.83. The number of likely N-dealkylation sites (tertiary alicyclic amines) is 1. The molecule has 1 amide bonds. The van der Waals surface area contributed by atoms with E-state index in [2.05, 4.69) is 10.3 Å². The minimum Gasteiger partial charge on any atom is -0.393 e. The van der Waals surface area contributed by atoms with Crippen molar-refractivity contribution < 1.29 is 14.6 Å². The Morgan fingerprint density at radius 2 is 2.26 bits per heavy atom. The lowest BCUT2D eigenvalue weighted by molar-refractivity contribution is -0.139. The first-order valence-electron chi connectivity index (χ1n) is 8.35. The molecule has 7 heteroatoms. The van der Waals surface area contributed by atoms with Crippen molar-refractivity contribution in [2.45, 2.75) is 51.2 Å². The van der Waals surface area contributed by atoms with Gasteiger partial charge in [-0.05, 0) is 33.1 Å². The smallest absolute Gasteiger partial charge is 0.265 e. The molecule has 2 aliphatic rings. The normalized spacial score (nSPS) is 24.0. The van der Waals surface area contributed by atoms with Gasteiger partial charge >= 0.3 is 0 Å². The Hall–Kier alpha value is -1.18. The average Bonchev–Trinajstić information content (AvgIpc) is 2.88. The molecule has 1 aromatic rings. The van der Waals surface area contributed by atoms with E-state index in [1.165, 1.54) is 11.3 Å². The largest absolute Gasteiger partial charge is 0.393 e. The molecule has 1 atom stereocenters. The summed E-state index contributed by atoms with van der Waals surface area (Å²) in [6, 6.07) is 0. The van der Waals surface area contributed by atoms with E-state index >= 15 is 0 Å². The van der Waals surface area contributed by atoms with Crippen molar-refractivity contribution in [2.75, 3.05) is 31.6 Å². The summed E-state index contributed by atoms with van der Waals surface area (Å²) in [6.45, 7) is 6.68. The Morgan fingerprint density at radius 3 is 2.91 bits per heavy atom. The number of anilines is 1. The number of aromatic nitrogens is 1. The second-order valence-electron chi connectivity index (χ2n) is 6.43. The number of thiazole rings is 1. The zero-order valence-electron chi connectivity index (χ0n) is 13.8. The third-order valence-electron chi connectivity index (χ3n) is 4.75. The van der Waals surface area contributed by atoms with Crippen LogP contribution in [0.2, 0.25) is 0 Å². The van der Waals surface area contributed by atoms with E-state index in [0.717, 1.165) is 41.5 Å². The highest BCUT2D eigenvalue weighted by Crippen LogP contribution is 2.36. The molecule has 3 rings (SSSR count). The fourth-order valence-corrected chi connectivity index (χ4v) is 4.44. The number of hydrogen-bond acceptors (Lipinski definition) is 6. The van der Waals surface area contributed by atoms with Crippen molar-refractivity contribution in [3.8, 4) is 0 Å². The third kappa shape index (κ3) is 3.51. The molecule has 1 aromatic heterocycles. The number of rotatable bonds is 3. The van der Waals surface area contributed by atoms with Crippen LogP contribution in [0.4, 0.5) is 5.13 Å². The molecule has 1 spiro atoms. The van der Waals surface area contributed by atoms with E-state index in [4.69, 9.17) is 4.74 Å². The minimum absolute atomic E-state index is 0.0651. The molecular formula is C16H25N3O3S. The van der Waals surface area contributed by atoms with Crippen LogP contribution in [0, 0.1) is 6.92 Å². The maximum absolute atomic E-state index is 12.8. The minimum atomic E-state index is -0.266. The lowest BCUT2D eigenvalue weighted by Gasteiger charge is -2.45. The van der Waals surface area contributed by atoms with Gasteiger partial charge in [-0.25, -0.2) is 4.98 Å². The van der Waals surface area contributed by atoms with Crippen LogP contribution in [-0.4, -0.2) is 58.8 Å². The fourth-order valence-electron chi connectivity index (χ4n) is 3.43. The summed E-state index contributed by atoms with van der Waals surface area (Å²) >= 11 is 1.43. The lowest BCUT2D eigenvalue weighted by Crippen LogP contribution is -2.51. The number of aryl methyl sites for hydroxylation is 1. The van der Waals surface area contributed by atoms with Gasteiger partial charge in [0.15, 0.2) is 5.13 Å². The van der Waals surface area contributed by atoms with E-state index in [1.807, 2.05) is 18.7 Å². The molecule has 0 aromatic carbocycles. The molecular weight excluding hydrogens is 314 g/mol. The number of aliphatic hydroxyl groups is 1. The molecule has 0 radical (unpaired) electrons. The summed E-state index contributed by atoms with van der Waals surface area (Å²) in [5, 5.41) is 13.9. The molecule has 2 aliphatic heterocycles. The number of piperidine rings is 1. The predicted molar refractivity (Wildman–Crippen MR) is 90.1 cm³/mol. The number of nitrogens with zero attached hydrogens (tertiary/aromatic N) is 2. The number of carbonyl (C=O) groups excluding carboxylic acids is 1. The van der Waals surface area contributed by atoms with E-state index in [9.17, 15) is 9.90 Å². The highest BCUT2D eigenvalue weighted by Gasteiger charge is 2.41. The van der Waals surface area contributed by atoms with Crippen molar-refractivity contribution in [3.63, 3.8) is 0 Å². The molecule has 23 heavy (non-hydrogen) atoms. The zero-order valence-corrected chi connectivity index (χ0v) is 14.6. The van der Waals surface area contributed by atoms with E-state index < -0.39 is 0 Å². The quantitative estimate of drug-likeness (QED) is 0.881. The second kappa shape index (κ2) is 6.75. The molecule has 2 fully saturated rings. The van der Waals surface area contributed by atoms with E-state index in [1.54, 1.807) is 0 Å². The summed E-state index contributed by atoms with van der Waals surface area (Å²) < 4.78 is 5.95. The maximum Gasteiger partial charge on any atom is 0.265 e. The highest BCUT2D eigenvalue weighted by molar-refractivity contribution is 7.17. The SMILES string of the molecule is CCNc1nc(C)c(C(=O)N2CCC3(CC2)CC(O)CCO3)s1. The Balaban J connectivity index is 1.64. The van der Waals surface area contributed by atoms with Gasteiger partial charge < -0.3 is 20.1 Å². The van der Waals surface area contributed by atoms with E-state index in [-0.39, 0.29) is 17.6 Å². The third-order valence-corrected chi connectivity index (χ3v) is 5.85.